The molecule has 0 aromatic heterocycles. The first kappa shape index (κ1) is 15.6. The summed E-state index contributed by atoms with van der Waals surface area (Å²) >= 11 is 5.84. The lowest BCUT2D eigenvalue weighted by atomic mass is 10.2. The zero-order valence-corrected chi connectivity index (χ0v) is 12.2. The van der Waals surface area contributed by atoms with Gasteiger partial charge in [-0.3, -0.25) is 15.5 Å². The minimum atomic E-state index is -0.695. The number of phenolic OH excluding ortho intramolecular Hbond substituents is 1. The summed E-state index contributed by atoms with van der Waals surface area (Å²) in [6.07, 6.45) is 1.37. The first-order valence-corrected chi connectivity index (χ1v) is 6.49. The van der Waals surface area contributed by atoms with Crippen molar-refractivity contribution in [2.24, 2.45) is 5.10 Å². The molecular formula is C14H12ClN3O4. The third-order valence-electron chi connectivity index (χ3n) is 2.73. The second-order valence-corrected chi connectivity index (χ2v) is 4.66. The number of halogens is 1. The maximum absolute atomic E-state index is 10.9. The second-order valence-electron chi connectivity index (χ2n) is 4.23. The molecule has 0 aliphatic heterocycles. The predicted octanol–water partition coefficient (Wildman–Crippen LogP) is 3.41. The van der Waals surface area contributed by atoms with E-state index in [4.69, 9.17) is 16.3 Å². The molecule has 0 aliphatic carbocycles. The molecule has 114 valence electrons. The summed E-state index contributed by atoms with van der Waals surface area (Å²) in [6.45, 7) is 0. The smallest absolute Gasteiger partial charge is 0.315 e. The molecule has 2 aromatic rings. The van der Waals surface area contributed by atoms with Gasteiger partial charge in [0.15, 0.2) is 5.75 Å². The Kier molecular flexibility index (Phi) is 4.80. The number of hydrogen-bond donors (Lipinski definition) is 2. The molecule has 2 rings (SSSR count). The van der Waals surface area contributed by atoms with Crippen LogP contribution in [0.1, 0.15) is 5.56 Å². The van der Waals surface area contributed by atoms with Gasteiger partial charge in [-0.15, -0.1) is 0 Å². The highest BCUT2D eigenvalue weighted by molar-refractivity contribution is 6.30. The number of aromatic hydroxyl groups is 1. The normalized spacial score (nSPS) is 10.6. The summed E-state index contributed by atoms with van der Waals surface area (Å²) in [6, 6.07) is 9.56. The third kappa shape index (κ3) is 3.64. The van der Waals surface area contributed by atoms with Crippen molar-refractivity contribution in [1.82, 2.24) is 0 Å². The fraction of sp³-hybridized carbons (Fsp3) is 0.0714. The summed E-state index contributed by atoms with van der Waals surface area (Å²) in [4.78, 5) is 10.2. The molecule has 0 heterocycles. The van der Waals surface area contributed by atoms with E-state index in [-0.39, 0.29) is 5.75 Å². The molecule has 2 N–H and O–H groups in total. The number of rotatable bonds is 5. The Hall–Kier alpha value is -2.80. The van der Waals surface area contributed by atoms with Crippen LogP contribution in [0.25, 0.3) is 0 Å². The Morgan fingerprint density at radius 3 is 2.82 bits per heavy atom. The number of nitro groups is 1. The topological polar surface area (TPSA) is 97.0 Å². The molecule has 0 spiro atoms. The highest BCUT2D eigenvalue weighted by Gasteiger charge is 2.19. The van der Waals surface area contributed by atoms with Crippen molar-refractivity contribution in [3.05, 3.63) is 57.1 Å². The van der Waals surface area contributed by atoms with Crippen LogP contribution in [0.2, 0.25) is 5.02 Å². The van der Waals surface area contributed by atoms with Gasteiger partial charge < -0.3 is 9.84 Å². The number of anilines is 1. The predicted molar refractivity (Wildman–Crippen MR) is 84.0 cm³/mol. The number of ether oxygens (including phenoxy) is 1. The van der Waals surface area contributed by atoms with E-state index in [0.717, 1.165) is 0 Å². The number of phenols is 1. The van der Waals surface area contributed by atoms with Crippen LogP contribution in [0.4, 0.5) is 11.4 Å². The van der Waals surface area contributed by atoms with Gasteiger partial charge in [0.05, 0.1) is 23.9 Å². The van der Waals surface area contributed by atoms with E-state index < -0.39 is 16.4 Å². The minimum Gasteiger partial charge on any atom is -0.500 e. The van der Waals surface area contributed by atoms with Crippen LogP contribution in [0, 0.1) is 10.1 Å². The SMILES string of the molecule is COc1cc(/C=N/Nc2cccc(Cl)c2)cc([N+](=O)[O-])c1O. The van der Waals surface area contributed by atoms with E-state index >= 15 is 0 Å². The Morgan fingerprint density at radius 2 is 2.18 bits per heavy atom. The average molecular weight is 322 g/mol. The fourth-order valence-electron chi connectivity index (χ4n) is 1.72. The zero-order chi connectivity index (χ0) is 16.1. The molecular weight excluding hydrogens is 310 g/mol. The average Bonchev–Trinajstić information content (AvgIpc) is 2.48. The summed E-state index contributed by atoms with van der Waals surface area (Å²) in [5.74, 6) is -0.522. The largest absolute Gasteiger partial charge is 0.500 e. The molecule has 0 atom stereocenters. The second kappa shape index (κ2) is 6.77. The third-order valence-corrected chi connectivity index (χ3v) is 2.96. The zero-order valence-electron chi connectivity index (χ0n) is 11.5. The maximum Gasteiger partial charge on any atom is 0.315 e. The summed E-state index contributed by atoms with van der Waals surface area (Å²) < 4.78 is 4.90. The van der Waals surface area contributed by atoms with Gasteiger partial charge in [0, 0.05) is 16.7 Å². The Labute approximate surface area is 130 Å². The monoisotopic (exact) mass is 321 g/mol. The van der Waals surface area contributed by atoms with Crippen LogP contribution >= 0.6 is 11.6 Å². The Balaban J connectivity index is 2.23. The van der Waals surface area contributed by atoms with E-state index in [1.54, 1.807) is 24.3 Å². The quantitative estimate of drug-likeness (QED) is 0.499. The van der Waals surface area contributed by atoms with Crippen molar-refractivity contribution in [2.45, 2.75) is 0 Å². The molecule has 0 radical (unpaired) electrons. The first-order chi connectivity index (χ1) is 10.5. The van der Waals surface area contributed by atoms with Crippen molar-refractivity contribution >= 4 is 29.2 Å². The lowest BCUT2D eigenvalue weighted by Crippen LogP contribution is -1.96. The first-order valence-electron chi connectivity index (χ1n) is 6.11. The molecule has 0 saturated heterocycles. The lowest BCUT2D eigenvalue weighted by molar-refractivity contribution is -0.386. The number of benzene rings is 2. The van der Waals surface area contributed by atoms with E-state index in [2.05, 4.69) is 10.5 Å². The van der Waals surface area contributed by atoms with Gasteiger partial charge in [-0.1, -0.05) is 17.7 Å². The number of methoxy groups -OCH3 is 1. The van der Waals surface area contributed by atoms with Gasteiger partial charge in [-0.05, 0) is 24.3 Å². The van der Waals surface area contributed by atoms with Gasteiger partial charge in [0.25, 0.3) is 0 Å². The van der Waals surface area contributed by atoms with Gasteiger partial charge in [-0.2, -0.15) is 5.10 Å². The van der Waals surface area contributed by atoms with Crippen LogP contribution in [0.5, 0.6) is 11.5 Å². The molecule has 7 nitrogen and oxygen atoms in total. The van der Waals surface area contributed by atoms with Gasteiger partial charge >= 0.3 is 5.69 Å². The number of nitro benzene ring substituents is 1. The van der Waals surface area contributed by atoms with Gasteiger partial charge in [0.2, 0.25) is 5.75 Å². The number of hydrogen-bond acceptors (Lipinski definition) is 6. The standard InChI is InChI=1S/C14H12ClN3O4/c1-22-13-6-9(5-12(14(13)19)18(20)21)8-16-17-11-4-2-3-10(15)7-11/h2-8,17,19H,1H3/b16-8+. The Bertz CT molecular complexity index is 734. The van der Waals surface area contributed by atoms with Crippen molar-refractivity contribution in [1.29, 1.82) is 0 Å². The van der Waals surface area contributed by atoms with E-state index in [9.17, 15) is 15.2 Å². The maximum atomic E-state index is 10.9. The van der Waals surface area contributed by atoms with Crippen LogP contribution in [-0.2, 0) is 0 Å². The molecule has 0 bridgehead atoms. The van der Waals surface area contributed by atoms with Crippen molar-refractivity contribution < 1.29 is 14.8 Å². The molecule has 0 fully saturated rings. The number of nitrogens with zero attached hydrogens (tertiary/aromatic N) is 2. The van der Waals surface area contributed by atoms with Crippen LogP contribution in [0.15, 0.2) is 41.5 Å². The molecule has 0 saturated carbocycles. The van der Waals surface area contributed by atoms with Crippen LogP contribution < -0.4 is 10.2 Å². The lowest BCUT2D eigenvalue weighted by Gasteiger charge is -2.05. The van der Waals surface area contributed by atoms with Crippen LogP contribution in [-0.4, -0.2) is 23.4 Å². The molecule has 2 aromatic carbocycles. The molecule has 0 unspecified atom stereocenters. The minimum absolute atomic E-state index is 0.00148. The number of hydrazone groups is 1. The molecule has 0 aliphatic rings. The van der Waals surface area contributed by atoms with Crippen LogP contribution in [0.3, 0.4) is 0 Å². The van der Waals surface area contributed by atoms with Gasteiger partial charge in [-0.25, -0.2) is 0 Å². The molecule has 8 heteroatoms. The van der Waals surface area contributed by atoms with E-state index in [1.807, 2.05) is 0 Å². The van der Waals surface area contributed by atoms with E-state index in [1.165, 1.54) is 25.5 Å². The number of nitrogens with one attached hydrogen (secondary N) is 1. The van der Waals surface area contributed by atoms with Crippen molar-refractivity contribution in [3.63, 3.8) is 0 Å². The fourth-order valence-corrected chi connectivity index (χ4v) is 1.91. The van der Waals surface area contributed by atoms with Crippen molar-refractivity contribution in [2.75, 3.05) is 12.5 Å². The molecule has 22 heavy (non-hydrogen) atoms. The molecule has 0 amide bonds. The highest BCUT2D eigenvalue weighted by Crippen LogP contribution is 2.36. The summed E-state index contributed by atoms with van der Waals surface area (Å²) in [5, 5.41) is 25.1. The highest BCUT2D eigenvalue weighted by atomic mass is 35.5. The van der Waals surface area contributed by atoms with E-state index in [0.29, 0.717) is 16.3 Å². The summed E-state index contributed by atoms with van der Waals surface area (Å²) in [7, 11) is 1.31. The van der Waals surface area contributed by atoms with Gasteiger partial charge in [0.1, 0.15) is 0 Å². The Morgan fingerprint density at radius 1 is 1.41 bits per heavy atom. The van der Waals surface area contributed by atoms with Crippen molar-refractivity contribution in [3.8, 4) is 11.5 Å². The summed E-state index contributed by atoms with van der Waals surface area (Å²) in [5.41, 5.74) is 3.36.